The summed E-state index contributed by atoms with van der Waals surface area (Å²) in [4.78, 5) is 24.1. The predicted molar refractivity (Wildman–Crippen MR) is 25.2 cm³/mol. The fourth-order valence-electron chi connectivity index (χ4n) is 0.173. The molecule has 0 heterocycles. The predicted octanol–water partition coefficient (Wildman–Crippen LogP) is -0.323. The van der Waals surface area contributed by atoms with Crippen molar-refractivity contribution in [2.45, 2.75) is 6.92 Å². The third kappa shape index (κ3) is 6.27. The monoisotopic (exact) mass is 127 g/mol. The summed E-state index contributed by atoms with van der Waals surface area (Å²) in [5.41, 5.74) is 0. The van der Waals surface area contributed by atoms with Crippen LogP contribution < -0.4 is 0 Å². The van der Waals surface area contributed by atoms with Crippen molar-refractivity contribution in [3.8, 4) is 0 Å². The molecular formula is C2H8O4P+. The molecule has 0 amide bonds. The van der Waals surface area contributed by atoms with E-state index in [2.05, 4.69) is 4.52 Å². The lowest BCUT2D eigenvalue weighted by Crippen LogP contribution is -1.92. The summed E-state index contributed by atoms with van der Waals surface area (Å²) >= 11 is 0. The van der Waals surface area contributed by atoms with Crippen molar-refractivity contribution < 1.29 is 19.2 Å². The highest BCUT2D eigenvalue weighted by Crippen LogP contribution is 2.45. The van der Waals surface area contributed by atoms with Gasteiger partial charge in [0, 0.05) is 0 Å². The molecule has 0 spiro atoms. The van der Waals surface area contributed by atoms with Crippen molar-refractivity contribution in [3.63, 3.8) is 0 Å². The second-order valence-electron chi connectivity index (χ2n) is 0.931. The Balaban J connectivity index is 3.15. The van der Waals surface area contributed by atoms with Gasteiger partial charge in [-0.2, -0.15) is 19.2 Å². The molecule has 7 heavy (non-hydrogen) atoms. The molecule has 44 valence electrons. The molecule has 0 aliphatic heterocycles. The molecule has 0 aliphatic rings. The average molecular weight is 127 g/mol. The van der Waals surface area contributed by atoms with Crippen LogP contribution in [0.2, 0.25) is 0 Å². The van der Waals surface area contributed by atoms with Gasteiger partial charge in [0.15, 0.2) is 0 Å². The Hall–Kier alpha value is 0.270. The standard InChI is InChI=1S/C2H8O4P/c1-2-6-7(3,4)5/h3-5H,2H2,1H3/q+1. The van der Waals surface area contributed by atoms with E-state index in [1.807, 2.05) is 0 Å². The molecule has 3 N–H and O–H groups in total. The second-order valence-corrected chi connectivity index (χ2v) is 2.22. The van der Waals surface area contributed by atoms with Crippen LogP contribution in [0.15, 0.2) is 0 Å². The van der Waals surface area contributed by atoms with Gasteiger partial charge in [-0.1, -0.05) is 0 Å². The van der Waals surface area contributed by atoms with Crippen LogP contribution in [0.25, 0.3) is 0 Å². The molecule has 4 nitrogen and oxygen atoms in total. The van der Waals surface area contributed by atoms with Crippen LogP contribution >= 0.6 is 8.17 Å². The Kier molecular flexibility index (Phi) is 2.64. The molecule has 0 radical (unpaired) electrons. The van der Waals surface area contributed by atoms with Crippen LogP contribution in [0, 0.1) is 0 Å². The van der Waals surface area contributed by atoms with Crippen LogP contribution in [0.3, 0.4) is 0 Å². The fraction of sp³-hybridized carbons (Fsp3) is 1.00. The number of hydrogen-bond donors (Lipinski definition) is 3. The highest BCUT2D eigenvalue weighted by atomic mass is 31.2. The Morgan fingerprint density at radius 1 is 1.43 bits per heavy atom. The van der Waals surface area contributed by atoms with Crippen molar-refractivity contribution in [2.75, 3.05) is 6.61 Å². The van der Waals surface area contributed by atoms with Crippen LogP contribution in [0.5, 0.6) is 0 Å². The van der Waals surface area contributed by atoms with E-state index in [9.17, 15) is 0 Å². The molecule has 0 aromatic carbocycles. The Morgan fingerprint density at radius 2 is 1.86 bits per heavy atom. The van der Waals surface area contributed by atoms with E-state index >= 15 is 0 Å². The largest absolute Gasteiger partial charge is 0.567 e. The SMILES string of the molecule is CCO[P+](O)(O)O. The summed E-state index contributed by atoms with van der Waals surface area (Å²) in [6, 6.07) is 0. The highest BCUT2D eigenvalue weighted by molar-refractivity contribution is 7.53. The lowest BCUT2D eigenvalue weighted by Gasteiger charge is -1.96. The summed E-state index contributed by atoms with van der Waals surface area (Å²) in [6.45, 7) is 1.66. The van der Waals surface area contributed by atoms with Crippen molar-refractivity contribution in [3.05, 3.63) is 0 Å². The molecule has 0 aromatic rings. The molecule has 0 rings (SSSR count). The van der Waals surface area contributed by atoms with Gasteiger partial charge in [0.1, 0.15) is 0 Å². The number of rotatable bonds is 2. The topological polar surface area (TPSA) is 69.9 Å². The van der Waals surface area contributed by atoms with Crippen LogP contribution in [0.4, 0.5) is 0 Å². The Morgan fingerprint density at radius 3 is 1.86 bits per heavy atom. The van der Waals surface area contributed by atoms with Crippen molar-refractivity contribution in [1.29, 1.82) is 0 Å². The summed E-state index contributed by atoms with van der Waals surface area (Å²) in [7, 11) is -3.92. The summed E-state index contributed by atoms with van der Waals surface area (Å²) < 4.78 is 4.01. The highest BCUT2D eigenvalue weighted by Gasteiger charge is 2.31. The van der Waals surface area contributed by atoms with Crippen LogP contribution in [0.1, 0.15) is 6.92 Å². The van der Waals surface area contributed by atoms with Gasteiger partial charge in [0.2, 0.25) is 0 Å². The summed E-state index contributed by atoms with van der Waals surface area (Å²) in [5.74, 6) is 0. The summed E-state index contributed by atoms with van der Waals surface area (Å²) in [5, 5.41) is 0. The minimum Gasteiger partial charge on any atom is -0.168 e. The summed E-state index contributed by atoms with van der Waals surface area (Å²) in [6.07, 6.45) is 0. The fourth-order valence-corrected chi connectivity index (χ4v) is 0.520. The zero-order valence-corrected chi connectivity index (χ0v) is 4.80. The first-order valence-electron chi connectivity index (χ1n) is 1.78. The van der Waals surface area contributed by atoms with Gasteiger partial charge in [-0.3, -0.25) is 0 Å². The van der Waals surface area contributed by atoms with Crippen molar-refractivity contribution in [2.24, 2.45) is 0 Å². The molecule has 5 heteroatoms. The van der Waals surface area contributed by atoms with Gasteiger partial charge in [-0.15, -0.1) is 0 Å². The lowest BCUT2D eigenvalue weighted by atomic mass is 10.9. The van der Waals surface area contributed by atoms with Gasteiger partial charge in [0.25, 0.3) is 0 Å². The first-order valence-corrected chi connectivity index (χ1v) is 3.34. The van der Waals surface area contributed by atoms with E-state index in [1.165, 1.54) is 0 Å². The minimum atomic E-state index is -3.92. The molecule has 0 aromatic heterocycles. The molecular weight excluding hydrogens is 119 g/mol. The van der Waals surface area contributed by atoms with Crippen molar-refractivity contribution in [1.82, 2.24) is 0 Å². The Bertz CT molecular complexity index is 48.1. The lowest BCUT2D eigenvalue weighted by molar-refractivity contribution is 0.168. The maximum Gasteiger partial charge on any atom is 0.567 e. The molecule has 0 aliphatic carbocycles. The molecule has 0 fully saturated rings. The average Bonchev–Trinajstić information content (AvgIpc) is 1.30. The van der Waals surface area contributed by atoms with E-state index in [0.29, 0.717) is 0 Å². The van der Waals surface area contributed by atoms with Crippen molar-refractivity contribution >= 4 is 8.17 Å². The zero-order valence-electron chi connectivity index (χ0n) is 3.90. The van der Waals surface area contributed by atoms with Gasteiger partial charge >= 0.3 is 8.17 Å². The maximum absolute atomic E-state index is 8.02. The second kappa shape index (κ2) is 2.55. The normalized spacial score (nSPS) is 12.0. The molecule has 0 bridgehead atoms. The van der Waals surface area contributed by atoms with Gasteiger partial charge in [0.05, 0.1) is 6.61 Å². The molecule has 0 saturated carbocycles. The van der Waals surface area contributed by atoms with Gasteiger partial charge in [-0.05, 0) is 6.92 Å². The first-order chi connectivity index (χ1) is 3.06. The van der Waals surface area contributed by atoms with Gasteiger partial charge < -0.3 is 0 Å². The first kappa shape index (κ1) is 7.27. The Labute approximate surface area is 42.0 Å². The smallest absolute Gasteiger partial charge is 0.168 e. The maximum atomic E-state index is 8.02. The minimum absolute atomic E-state index is 0.108. The molecule has 0 atom stereocenters. The van der Waals surface area contributed by atoms with E-state index in [-0.39, 0.29) is 6.61 Å². The van der Waals surface area contributed by atoms with Crippen LogP contribution in [-0.2, 0) is 4.52 Å². The number of hydrogen-bond acceptors (Lipinski definition) is 4. The third-order valence-corrected chi connectivity index (χ3v) is 0.907. The van der Waals surface area contributed by atoms with E-state index < -0.39 is 8.17 Å². The zero-order chi connectivity index (χ0) is 5.91. The molecule has 0 saturated heterocycles. The molecule has 0 unspecified atom stereocenters. The van der Waals surface area contributed by atoms with Gasteiger partial charge in [-0.25, -0.2) is 0 Å². The van der Waals surface area contributed by atoms with E-state index in [0.717, 1.165) is 0 Å². The quantitative estimate of drug-likeness (QED) is 0.444. The van der Waals surface area contributed by atoms with E-state index in [1.54, 1.807) is 6.92 Å². The van der Waals surface area contributed by atoms with Crippen LogP contribution in [-0.4, -0.2) is 21.3 Å². The van der Waals surface area contributed by atoms with E-state index in [4.69, 9.17) is 14.7 Å². The third-order valence-electron chi connectivity index (χ3n) is 0.302.